The molecule has 0 saturated heterocycles. The van der Waals surface area contributed by atoms with E-state index in [0.29, 0.717) is 22.1 Å². The van der Waals surface area contributed by atoms with Crippen molar-refractivity contribution in [2.24, 2.45) is 0 Å². The fraction of sp³-hybridized carbons (Fsp3) is 0. The molecule has 0 saturated carbocycles. The lowest BCUT2D eigenvalue weighted by Crippen LogP contribution is -2.32. The van der Waals surface area contributed by atoms with E-state index in [0.717, 1.165) is 9.37 Å². The molecule has 0 fully saturated rings. The van der Waals surface area contributed by atoms with Crippen LogP contribution in [0, 0.1) is 0 Å². The molecule has 0 spiro atoms. The molecule has 0 radical (unpaired) electrons. The van der Waals surface area contributed by atoms with E-state index in [1.807, 2.05) is 0 Å². The first-order valence-corrected chi connectivity index (χ1v) is 11.4. The highest BCUT2D eigenvalue weighted by Crippen LogP contribution is 2.32. The molecular weight excluding hydrogens is 553 g/mol. The Morgan fingerprint density at radius 3 is 2.30 bits per heavy atom. The monoisotopic (exact) mass is 563 g/mol. The molecule has 1 aliphatic heterocycles. The highest BCUT2D eigenvalue weighted by Gasteiger charge is 2.39. The maximum atomic E-state index is 12.9. The molecule has 0 aliphatic carbocycles. The van der Waals surface area contributed by atoms with E-state index in [9.17, 15) is 14.4 Å². The highest BCUT2D eigenvalue weighted by molar-refractivity contribution is 9.10. The summed E-state index contributed by atoms with van der Waals surface area (Å²) >= 11 is 21.6. The van der Waals surface area contributed by atoms with Crippen LogP contribution in [-0.4, -0.2) is 17.7 Å². The number of rotatable bonds is 5. The lowest BCUT2D eigenvalue weighted by Gasteiger charge is -2.15. The average molecular weight is 566 g/mol. The largest absolute Gasteiger partial charge is 0.350 e. The zero-order chi connectivity index (χ0) is 23.7. The Hall–Kier alpha value is -2.84. The van der Waals surface area contributed by atoms with Gasteiger partial charge in [-0.15, -0.1) is 0 Å². The van der Waals surface area contributed by atoms with Crippen LogP contribution in [0.5, 0.6) is 0 Å². The van der Waals surface area contributed by atoms with Gasteiger partial charge in [-0.3, -0.25) is 14.4 Å². The van der Waals surface area contributed by atoms with E-state index >= 15 is 0 Å². The standard InChI is InChI=1S/C23H13BrCl3N3O3/c24-13-7-9-15(10-8-13)30-22(32)19(27)20(23(30)33)28-14-4-1-3-12(11-14)21(31)29-17-6-2-5-16(25)18(17)26/h1-11,28H,(H,29,31). The topological polar surface area (TPSA) is 78.5 Å². The first-order valence-electron chi connectivity index (χ1n) is 9.43. The first kappa shape index (κ1) is 23.3. The Morgan fingerprint density at radius 1 is 0.879 bits per heavy atom. The van der Waals surface area contributed by atoms with E-state index in [-0.39, 0.29) is 21.3 Å². The maximum Gasteiger partial charge on any atom is 0.283 e. The van der Waals surface area contributed by atoms with Gasteiger partial charge >= 0.3 is 0 Å². The predicted octanol–water partition coefficient (Wildman–Crippen LogP) is 6.44. The number of nitrogens with one attached hydrogen (secondary N) is 2. The molecule has 1 heterocycles. The van der Waals surface area contributed by atoms with Crippen LogP contribution in [0.2, 0.25) is 10.0 Å². The second-order valence-corrected chi connectivity index (χ2v) is 8.95. The minimum absolute atomic E-state index is 0.0833. The number of nitrogens with zero attached hydrogens (tertiary/aromatic N) is 1. The summed E-state index contributed by atoms with van der Waals surface area (Å²) in [6.07, 6.45) is 0. The molecule has 3 amide bonds. The third-order valence-corrected chi connectivity index (χ3v) is 6.40. The molecule has 33 heavy (non-hydrogen) atoms. The van der Waals surface area contributed by atoms with E-state index in [1.165, 1.54) is 6.07 Å². The van der Waals surface area contributed by atoms with E-state index < -0.39 is 17.7 Å². The minimum atomic E-state index is -0.643. The van der Waals surface area contributed by atoms with Gasteiger partial charge in [0.2, 0.25) is 0 Å². The third kappa shape index (κ3) is 4.77. The van der Waals surface area contributed by atoms with Crippen molar-refractivity contribution >= 4 is 85.5 Å². The van der Waals surface area contributed by atoms with Crippen molar-refractivity contribution < 1.29 is 14.4 Å². The van der Waals surface area contributed by atoms with Crippen molar-refractivity contribution in [2.45, 2.75) is 0 Å². The second kappa shape index (κ2) is 9.57. The van der Waals surface area contributed by atoms with Crippen LogP contribution in [0.3, 0.4) is 0 Å². The number of benzene rings is 3. The van der Waals surface area contributed by atoms with Gasteiger partial charge < -0.3 is 10.6 Å². The van der Waals surface area contributed by atoms with Crippen molar-refractivity contribution in [2.75, 3.05) is 15.5 Å². The van der Waals surface area contributed by atoms with Gasteiger partial charge in [-0.2, -0.15) is 0 Å². The summed E-state index contributed by atoms with van der Waals surface area (Å²) in [4.78, 5) is 39.2. The lowest BCUT2D eigenvalue weighted by atomic mass is 10.1. The van der Waals surface area contributed by atoms with Crippen LogP contribution in [0.4, 0.5) is 17.1 Å². The fourth-order valence-electron chi connectivity index (χ4n) is 3.11. The molecule has 0 atom stereocenters. The molecule has 4 rings (SSSR count). The third-order valence-electron chi connectivity index (χ3n) is 4.71. The van der Waals surface area contributed by atoms with Crippen molar-refractivity contribution in [3.63, 3.8) is 0 Å². The number of carbonyl (C=O) groups excluding carboxylic acids is 3. The van der Waals surface area contributed by atoms with Crippen LogP contribution < -0.4 is 15.5 Å². The van der Waals surface area contributed by atoms with Crippen molar-refractivity contribution in [3.8, 4) is 0 Å². The maximum absolute atomic E-state index is 12.9. The van der Waals surface area contributed by atoms with Gasteiger partial charge in [0.1, 0.15) is 10.7 Å². The molecule has 6 nitrogen and oxygen atoms in total. The van der Waals surface area contributed by atoms with E-state index in [2.05, 4.69) is 26.6 Å². The highest BCUT2D eigenvalue weighted by atomic mass is 79.9. The molecule has 3 aromatic rings. The quantitative estimate of drug-likeness (QED) is 0.349. The van der Waals surface area contributed by atoms with Gasteiger partial charge in [-0.25, -0.2) is 4.90 Å². The zero-order valence-electron chi connectivity index (χ0n) is 16.5. The molecule has 10 heteroatoms. The van der Waals surface area contributed by atoms with Crippen LogP contribution in [0.1, 0.15) is 10.4 Å². The molecule has 0 unspecified atom stereocenters. The van der Waals surface area contributed by atoms with Gasteiger partial charge in [0.05, 0.1) is 21.4 Å². The molecular formula is C23H13BrCl3N3O3. The smallest absolute Gasteiger partial charge is 0.283 e. The first-order chi connectivity index (χ1) is 15.8. The zero-order valence-corrected chi connectivity index (χ0v) is 20.4. The van der Waals surface area contributed by atoms with Crippen LogP contribution in [-0.2, 0) is 9.59 Å². The lowest BCUT2D eigenvalue weighted by molar-refractivity contribution is -0.120. The predicted molar refractivity (Wildman–Crippen MR) is 134 cm³/mol. The van der Waals surface area contributed by atoms with Crippen LogP contribution in [0.15, 0.2) is 81.9 Å². The summed E-state index contributed by atoms with van der Waals surface area (Å²) in [5, 5.41) is 5.84. The number of hydrogen-bond acceptors (Lipinski definition) is 4. The summed E-state index contributed by atoms with van der Waals surface area (Å²) in [5.41, 5.74) is 1.34. The van der Waals surface area contributed by atoms with Crippen LogP contribution >= 0.6 is 50.7 Å². The van der Waals surface area contributed by atoms with Crippen molar-refractivity contribution in [3.05, 3.63) is 97.5 Å². The second-order valence-electron chi connectivity index (χ2n) is 6.87. The molecule has 1 aliphatic rings. The Labute approximate surface area is 212 Å². The summed E-state index contributed by atoms with van der Waals surface area (Å²) in [5.74, 6) is -1.68. The number of hydrogen-bond donors (Lipinski definition) is 2. The van der Waals surface area contributed by atoms with Crippen molar-refractivity contribution in [1.29, 1.82) is 0 Å². The number of anilines is 3. The Morgan fingerprint density at radius 2 is 1.58 bits per heavy atom. The van der Waals surface area contributed by atoms with Gasteiger partial charge in [0.25, 0.3) is 17.7 Å². The molecule has 166 valence electrons. The van der Waals surface area contributed by atoms with Crippen LogP contribution in [0.25, 0.3) is 0 Å². The summed E-state index contributed by atoms with van der Waals surface area (Å²) < 4.78 is 0.803. The number of amides is 3. The van der Waals surface area contributed by atoms with Gasteiger partial charge in [-0.05, 0) is 54.6 Å². The summed E-state index contributed by atoms with van der Waals surface area (Å²) in [7, 11) is 0. The Kier molecular flexibility index (Phi) is 6.76. The fourth-order valence-corrected chi connectivity index (χ4v) is 3.94. The van der Waals surface area contributed by atoms with E-state index in [4.69, 9.17) is 34.8 Å². The van der Waals surface area contributed by atoms with E-state index in [1.54, 1.807) is 60.7 Å². The van der Waals surface area contributed by atoms with Gasteiger partial charge in [0.15, 0.2) is 0 Å². The number of carbonyl (C=O) groups is 3. The van der Waals surface area contributed by atoms with Gasteiger partial charge in [0, 0.05) is 15.7 Å². The molecule has 2 N–H and O–H groups in total. The average Bonchev–Trinajstić information content (AvgIpc) is 3.01. The Balaban J connectivity index is 1.55. The minimum Gasteiger partial charge on any atom is -0.350 e. The number of halogens is 4. The summed E-state index contributed by atoms with van der Waals surface area (Å²) in [6.45, 7) is 0. The SMILES string of the molecule is O=C(Nc1cccc(Cl)c1Cl)c1cccc(NC2=C(Cl)C(=O)N(c3ccc(Br)cc3)C2=O)c1. The molecule has 0 aromatic heterocycles. The molecule has 0 bridgehead atoms. The Bertz CT molecular complexity index is 1330. The number of imide groups is 1. The van der Waals surface area contributed by atoms with Gasteiger partial charge in [-0.1, -0.05) is 62.9 Å². The van der Waals surface area contributed by atoms with Crippen molar-refractivity contribution in [1.82, 2.24) is 0 Å². The summed E-state index contributed by atoms with van der Waals surface area (Å²) in [6, 6.07) is 17.9. The molecule has 3 aromatic carbocycles. The normalized spacial score (nSPS) is 13.5.